The molecular formula is C26H22FN5O6S2. The normalized spacial score (nSPS) is 14.4. The fourth-order valence-corrected chi connectivity index (χ4v) is 6.13. The van der Waals surface area contributed by atoms with Gasteiger partial charge >= 0.3 is 6.03 Å². The van der Waals surface area contributed by atoms with Gasteiger partial charge in [-0.25, -0.2) is 14.2 Å². The lowest BCUT2D eigenvalue weighted by Gasteiger charge is -2.31. The van der Waals surface area contributed by atoms with Gasteiger partial charge in [0.2, 0.25) is 12.7 Å². The van der Waals surface area contributed by atoms with Crippen LogP contribution in [0.5, 0.6) is 11.5 Å². The zero-order chi connectivity index (χ0) is 27.6. The van der Waals surface area contributed by atoms with Gasteiger partial charge in [0.1, 0.15) is 10.6 Å². The molecule has 2 N–H and O–H groups in total. The Balaban J connectivity index is 1.21. The maximum Gasteiger partial charge on any atom is 0.325 e. The van der Waals surface area contributed by atoms with E-state index in [0.29, 0.717) is 58.9 Å². The van der Waals surface area contributed by atoms with Crippen LogP contribution in [0.25, 0.3) is 20.7 Å². The summed E-state index contributed by atoms with van der Waals surface area (Å²) in [5.74, 6) is -0.000762. The lowest BCUT2D eigenvalue weighted by atomic mass is 10.2. The van der Waals surface area contributed by atoms with E-state index in [1.807, 2.05) is 5.01 Å². The molecule has 3 amide bonds. The monoisotopic (exact) mass is 583 g/mol. The van der Waals surface area contributed by atoms with Crippen LogP contribution in [0, 0.1) is 5.82 Å². The minimum absolute atomic E-state index is 0.106. The van der Waals surface area contributed by atoms with Crippen LogP contribution in [-0.2, 0) is 9.53 Å². The molecule has 0 aliphatic carbocycles. The number of morpholine rings is 1. The van der Waals surface area contributed by atoms with Crippen molar-refractivity contribution in [1.29, 1.82) is 0 Å². The number of rotatable bonds is 6. The van der Waals surface area contributed by atoms with E-state index in [9.17, 15) is 18.8 Å². The number of nitrogens with zero attached hydrogens (tertiary/aromatic N) is 3. The van der Waals surface area contributed by atoms with Crippen molar-refractivity contribution in [3.8, 4) is 21.9 Å². The Hall–Kier alpha value is -4.14. The molecular weight excluding hydrogens is 561 g/mol. The molecule has 11 nitrogen and oxygen atoms in total. The summed E-state index contributed by atoms with van der Waals surface area (Å²) in [7, 11) is 0. The molecule has 2 aromatic heterocycles. The predicted octanol–water partition coefficient (Wildman–Crippen LogP) is 3.40. The number of thioether (sulfide) groups is 1. The summed E-state index contributed by atoms with van der Waals surface area (Å²) in [5.41, 5.74) is 0.925. The fraction of sp³-hybridized carbons (Fsp3) is 0.231. The number of hydrogen-bond acceptors (Lipinski definition) is 10. The smallest absolute Gasteiger partial charge is 0.325 e. The molecule has 0 atom stereocenters. The average Bonchev–Trinajstić information content (AvgIpc) is 3.60. The standard InChI is InChI=1S/C26H22FN5O6S2/c27-16-3-1-15(2-4-16)21-12-18-23(40-21)30-26(32(24(18)34)31-7-9-36-10-8-31)39-13-22(33)29-25(35)28-17-5-6-19-20(11-17)38-14-37-19/h1-6,11-12H,7-10,13-14H2,(H2,28,29,33,35). The van der Waals surface area contributed by atoms with Crippen molar-refractivity contribution in [3.05, 3.63) is 64.7 Å². The molecule has 0 unspecified atom stereocenters. The van der Waals surface area contributed by atoms with Crippen LogP contribution < -0.4 is 30.7 Å². The number of carbonyl (C=O) groups excluding carboxylic acids is 2. The van der Waals surface area contributed by atoms with Crippen molar-refractivity contribution < 1.29 is 28.2 Å². The van der Waals surface area contributed by atoms with E-state index in [4.69, 9.17) is 19.2 Å². The predicted molar refractivity (Wildman–Crippen MR) is 148 cm³/mol. The van der Waals surface area contributed by atoms with Crippen LogP contribution in [0.1, 0.15) is 0 Å². The number of amides is 3. The molecule has 1 fully saturated rings. The lowest BCUT2D eigenvalue weighted by molar-refractivity contribution is -0.117. The Morgan fingerprint density at radius 1 is 1.05 bits per heavy atom. The zero-order valence-corrected chi connectivity index (χ0v) is 22.5. The van der Waals surface area contributed by atoms with Gasteiger partial charge in [0, 0.05) is 16.6 Å². The van der Waals surface area contributed by atoms with Crippen LogP contribution in [0.2, 0.25) is 0 Å². The van der Waals surface area contributed by atoms with E-state index in [1.54, 1.807) is 36.4 Å². The van der Waals surface area contributed by atoms with Crippen LogP contribution >= 0.6 is 23.1 Å². The highest BCUT2D eigenvalue weighted by atomic mass is 32.2. The van der Waals surface area contributed by atoms with E-state index >= 15 is 0 Å². The number of thiophene rings is 1. The van der Waals surface area contributed by atoms with Gasteiger partial charge in [-0.05, 0) is 35.9 Å². The third-order valence-electron chi connectivity index (χ3n) is 6.13. The average molecular weight is 584 g/mol. The van der Waals surface area contributed by atoms with E-state index in [1.165, 1.54) is 28.1 Å². The Kier molecular flexibility index (Phi) is 7.28. The Morgan fingerprint density at radius 2 is 1.82 bits per heavy atom. The minimum atomic E-state index is -0.708. The zero-order valence-electron chi connectivity index (χ0n) is 20.8. The maximum absolute atomic E-state index is 13.6. The van der Waals surface area contributed by atoms with Crippen molar-refractivity contribution >= 4 is 50.9 Å². The summed E-state index contributed by atoms with van der Waals surface area (Å²) in [4.78, 5) is 44.7. The van der Waals surface area contributed by atoms with Gasteiger partial charge in [-0.3, -0.25) is 14.9 Å². The van der Waals surface area contributed by atoms with Crippen LogP contribution in [0.4, 0.5) is 14.9 Å². The van der Waals surface area contributed by atoms with E-state index in [-0.39, 0.29) is 23.9 Å². The SMILES string of the molecule is O=C(CSc1nc2sc(-c3ccc(F)cc3)cc2c(=O)n1N1CCOCC1)NC(=O)Nc1ccc2c(c1)OCO2. The molecule has 2 aliphatic heterocycles. The highest BCUT2D eigenvalue weighted by Crippen LogP contribution is 2.34. The van der Waals surface area contributed by atoms with E-state index in [0.717, 1.165) is 22.2 Å². The number of carbonyl (C=O) groups is 2. The lowest BCUT2D eigenvalue weighted by Crippen LogP contribution is -2.49. The molecule has 2 aliphatic rings. The summed E-state index contributed by atoms with van der Waals surface area (Å²) in [6.45, 7) is 1.94. The number of nitrogens with one attached hydrogen (secondary N) is 2. The second-order valence-electron chi connectivity index (χ2n) is 8.77. The Bertz CT molecular complexity index is 1650. The van der Waals surface area contributed by atoms with Crippen LogP contribution in [0.3, 0.4) is 0 Å². The number of hydrogen-bond donors (Lipinski definition) is 2. The molecule has 0 spiro atoms. The topological polar surface area (TPSA) is 124 Å². The molecule has 6 rings (SSSR count). The molecule has 0 bridgehead atoms. The van der Waals surface area contributed by atoms with Gasteiger partial charge in [0.05, 0.1) is 37.4 Å². The molecule has 40 heavy (non-hydrogen) atoms. The largest absolute Gasteiger partial charge is 0.454 e. The van der Waals surface area contributed by atoms with Gasteiger partial charge in [0.15, 0.2) is 16.7 Å². The molecule has 4 heterocycles. The number of ether oxygens (including phenoxy) is 3. The van der Waals surface area contributed by atoms with Crippen molar-refractivity contribution in [2.75, 3.05) is 49.2 Å². The number of anilines is 1. The second-order valence-corrected chi connectivity index (χ2v) is 10.7. The number of benzene rings is 2. The first-order valence-electron chi connectivity index (χ1n) is 12.2. The third-order valence-corrected chi connectivity index (χ3v) is 8.14. The van der Waals surface area contributed by atoms with Gasteiger partial charge in [-0.1, -0.05) is 23.9 Å². The van der Waals surface area contributed by atoms with Crippen molar-refractivity contribution in [1.82, 2.24) is 15.0 Å². The molecule has 1 saturated heterocycles. The summed E-state index contributed by atoms with van der Waals surface area (Å²) in [6.07, 6.45) is 0. The third kappa shape index (κ3) is 5.46. The summed E-state index contributed by atoms with van der Waals surface area (Å²) in [6, 6.07) is 12.0. The van der Waals surface area contributed by atoms with Gasteiger partial charge in [-0.15, -0.1) is 11.3 Å². The number of halogens is 1. The van der Waals surface area contributed by atoms with Crippen molar-refractivity contribution in [2.24, 2.45) is 0 Å². The molecule has 4 aromatic rings. The summed E-state index contributed by atoms with van der Waals surface area (Å²) < 4.78 is 30.9. The first-order chi connectivity index (χ1) is 19.4. The maximum atomic E-state index is 13.6. The van der Waals surface area contributed by atoms with Crippen molar-refractivity contribution in [3.63, 3.8) is 0 Å². The van der Waals surface area contributed by atoms with E-state index < -0.39 is 11.9 Å². The number of fused-ring (bicyclic) bond motifs is 2. The van der Waals surface area contributed by atoms with Crippen molar-refractivity contribution in [2.45, 2.75) is 5.16 Å². The number of urea groups is 1. The molecule has 0 radical (unpaired) electrons. The summed E-state index contributed by atoms with van der Waals surface area (Å²) >= 11 is 2.35. The number of imide groups is 1. The molecule has 0 saturated carbocycles. The van der Waals surface area contributed by atoms with E-state index in [2.05, 4.69) is 10.6 Å². The molecule has 206 valence electrons. The Morgan fingerprint density at radius 3 is 2.62 bits per heavy atom. The first-order valence-corrected chi connectivity index (χ1v) is 14.0. The molecule has 14 heteroatoms. The van der Waals surface area contributed by atoms with Gasteiger partial charge in [-0.2, -0.15) is 4.68 Å². The quantitative estimate of drug-likeness (QED) is 0.260. The highest BCUT2D eigenvalue weighted by molar-refractivity contribution is 7.99. The van der Waals surface area contributed by atoms with Gasteiger partial charge in [0.25, 0.3) is 5.56 Å². The summed E-state index contributed by atoms with van der Waals surface area (Å²) in [5, 5.41) is 7.45. The Labute approximate surface area is 234 Å². The van der Waals surface area contributed by atoms with Crippen LogP contribution in [-0.4, -0.2) is 60.4 Å². The molecule has 2 aromatic carbocycles. The minimum Gasteiger partial charge on any atom is -0.454 e. The fourth-order valence-electron chi connectivity index (χ4n) is 4.24. The van der Waals surface area contributed by atoms with Gasteiger partial charge < -0.3 is 24.5 Å². The first kappa shape index (κ1) is 26.1. The number of aromatic nitrogens is 2. The second kappa shape index (κ2) is 11.2. The van der Waals surface area contributed by atoms with Crippen LogP contribution in [0.15, 0.2) is 58.5 Å². The highest BCUT2D eigenvalue weighted by Gasteiger charge is 2.22.